The average Bonchev–Trinajstić information content (AvgIpc) is 3.28. The molecule has 3 heterocycles. The topological polar surface area (TPSA) is 88.8 Å². The Morgan fingerprint density at radius 2 is 1.79 bits per heavy atom. The second kappa shape index (κ2) is 10.3. The van der Waals surface area contributed by atoms with Gasteiger partial charge in [0, 0.05) is 24.8 Å². The normalized spacial score (nSPS) is 15.4. The predicted octanol–water partition coefficient (Wildman–Crippen LogP) is 3.30. The van der Waals surface area contributed by atoms with Crippen molar-refractivity contribution in [3.8, 4) is 11.4 Å². The van der Waals surface area contributed by atoms with E-state index >= 15 is 0 Å². The molecule has 2 aromatic heterocycles. The Bertz CT molecular complexity index is 1090. The summed E-state index contributed by atoms with van der Waals surface area (Å²) in [5.74, 6) is 0.823. The number of nitrogens with zero attached hydrogens (tertiary/aromatic N) is 6. The van der Waals surface area contributed by atoms with Gasteiger partial charge in [-0.15, -0.1) is 10.2 Å². The van der Waals surface area contributed by atoms with E-state index in [0.29, 0.717) is 11.4 Å². The molecule has 1 saturated heterocycles. The van der Waals surface area contributed by atoms with Gasteiger partial charge in [0.05, 0.1) is 0 Å². The highest BCUT2D eigenvalue weighted by Crippen LogP contribution is 2.27. The fourth-order valence-corrected chi connectivity index (χ4v) is 3.75. The van der Waals surface area contributed by atoms with Crippen molar-refractivity contribution in [2.75, 3.05) is 13.1 Å². The number of hydrogen-bond donors (Lipinski definition) is 1. The zero-order chi connectivity index (χ0) is 24.1. The van der Waals surface area contributed by atoms with Crippen LogP contribution in [0.1, 0.15) is 36.6 Å². The predicted molar refractivity (Wildman–Crippen MR) is 118 cm³/mol. The second-order valence-corrected chi connectivity index (χ2v) is 8.63. The minimum absolute atomic E-state index is 0.0446. The Morgan fingerprint density at radius 3 is 2.44 bits per heavy atom. The van der Waals surface area contributed by atoms with Gasteiger partial charge in [0.2, 0.25) is 11.7 Å². The minimum Gasteiger partial charge on any atom is -0.350 e. The third-order valence-corrected chi connectivity index (χ3v) is 5.84. The molecular formula is C23H26F3N7O. The van der Waals surface area contributed by atoms with Crippen LogP contribution in [0.15, 0.2) is 42.6 Å². The molecule has 3 aromatic rings. The summed E-state index contributed by atoms with van der Waals surface area (Å²) < 4.78 is 37.7. The van der Waals surface area contributed by atoms with E-state index in [4.69, 9.17) is 0 Å². The van der Waals surface area contributed by atoms with Gasteiger partial charge in [-0.2, -0.15) is 18.0 Å². The summed E-state index contributed by atoms with van der Waals surface area (Å²) in [5, 5.41) is 14.8. The summed E-state index contributed by atoms with van der Waals surface area (Å²) in [6.45, 7) is 5.34. The van der Waals surface area contributed by atoms with E-state index < -0.39 is 17.8 Å². The van der Waals surface area contributed by atoms with Crippen LogP contribution in [-0.4, -0.2) is 49.1 Å². The van der Waals surface area contributed by atoms with E-state index in [1.54, 1.807) is 0 Å². The van der Waals surface area contributed by atoms with Crippen molar-refractivity contribution in [3.05, 3.63) is 59.4 Å². The molecule has 1 aromatic carbocycles. The number of amides is 1. The molecule has 1 amide bonds. The molecule has 0 unspecified atom stereocenters. The lowest BCUT2D eigenvalue weighted by atomic mass is 9.99. The highest BCUT2D eigenvalue weighted by atomic mass is 19.4. The SMILES string of the molecule is CC1CCN(Cc2ccc(-c3nnn(CC(=O)NCc4ccc(C(F)(F)F)nc4)n3)cc2)CC1. The molecule has 0 radical (unpaired) electrons. The van der Waals surface area contributed by atoms with Crippen LogP contribution in [0.4, 0.5) is 13.2 Å². The van der Waals surface area contributed by atoms with Gasteiger partial charge in [-0.05, 0) is 54.3 Å². The first-order valence-electron chi connectivity index (χ1n) is 11.1. The molecule has 4 rings (SSSR count). The van der Waals surface area contributed by atoms with Gasteiger partial charge in [0.1, 0.15) is 12.2 Å². The van der Waals surface area contributed by atoms with Gasteiger partial charge in [-0.3, -0.25) is 14.7 Å². The number of benzene rings is 1. The lowest BCUT2D eigenvalue weighted by molar-refractivity contribution is -0.141. The summed E-state index contributed by atoms with van der Waals surface area (Å²) >= 11 is 0. The van der Waals surface area contributed by atoms with Crippen LogP contribution in [0, 0.1) is 5.92 Å². The summed E-state index contributed by atoms with van der Waals surface area (Å²) in [6, 6.07) is 10.2. The van der Waals surface area contributed by atoms with Crippen LogP contribution in [0.3, 0.4) is 0 Å². The van der Waals surface area contributed by atoms with E-state index in [-0.39, 0.29) is 13.1 Å². The Balaban J connectivity index is 1.27. The molecule has 0 atom stereocenters. The molecule has 0 spiro atoms. The minimum atomic E-state index is -4.50. The summed E-state index contributed by atoms with van der Waals surface area (Å²) in [5.41, 5.74) is 1.50. The van der Waals surface area contributed by atoms with E-state index in [0.717, 1.165) is 43.4 Å². The fraction of sp³-hybridized carbons (Fsp3) is 0.435. The van der Waals surface area contributed by atoms with E-state index in [1.165, 1.54) is 29.3 Å². The third kappa shape index (κ3) is 6.37. The summed E-state index contributed by atoms with van der Waals surface area (Å²) in [7, 11) is 0. The molecule has 11 heteroatoms. The molecule has 0 saturated carbocycles. The van der Waals surface area contributed by atoms with Crippen molar-refractivity contribution in [1.29, 1.82) is 0 Å². The molecule has 1 aliphatic heterocycles. The van der Waals surface area contributed by atoms with E-state index in [9.17, 15) is 18.0 Å². The van der Waals surface area contributed by atoms with E-state index in [1.807, 2.05) is 12.1 Å². The highest BCUT2D eigenvalue weighted by molar-refractivity contribution is 5.75. The lowest BCUT2D eigenvalue weighted by Gasteiger charge is -2.30. The number of rotatable bonds is 7. The number of nitrogens with one attached hydrogen (secondary N) is 1. The van der Waals surface area contributed by atoms with Crippen molar-refractivity contribution in [1.82, 2.24) is 35.4 Å². The van der Waals surface area contributed by atoms with Crippen molar-refractivity contribution in [2.45, 2.75) is 45.6 Å². The molecule has 8 nitrogen and oxygen atoms in total. The van der Waals surface area contributed by atoms with Gasteiger partial charge in [-0.1, -0.05) is 37.3 Å². The standard InChI is InChI=1S/C23H26F3N7O/c1-16-8-10-32(11-9-16)14-17-2-5-19(6-3-17)22-29-31-33(30-22)15-21(34)28-13-18-4-7-20(27-12-18)23(24,25)26/h2-7,12,16H,8-11,13-15H2,1H3,(H,28,34). The van der Waals surface area contributed by atoms with Crippen LogP contribution in [0.25, 0.3) is 11.4 Å². The van der Waals surface area contributed by atoms with Gasteiger partial charge in [0.25, 0.3) is 0 Å². The zero-order valence-electron chi connectivity index (χ0n) is 18.8. The summed E-state index contributed by atoms with van der Waals surface area (Å²) in [6.07, 6.45) is -0.936. The fourth-order valence-electron chi connectivity index (χ4n) is 3.75. The number of piperidine rings is 1. The first-order chi connectivity index (χ1) is 16.3. The van der Waals surface area contributed by atoms with Crippen molar-refractivity contribution in [2.24, 2.45) is 5.92 Å². The van der Waals surface area contributed by atoms with Crippen LogP contribution >= 0.6 is 0 Å². The average molecular weight is 474 g/mol. The number of halogens is 3. The first-order valence-corrected chi connectivity index (χ1v) is 11.1. The van der Waals surface area contributed by atoms with Crippen molar-refractivity contribution in [3.63, 3.8) is 0 Å². The van der Waals surface area contributed by atoms with Gasteiger partial charge < -0.3 is 5.32 Å². The number of tetrazole rings is 1. The number of hydrogen-bond acceptors (Lipinski definition) is 6. The van der Waals surface area contributed by atoms with Crippen molar-refractivity contribution >= 4 is 5.91 Å². The first kappa shape index (κ1) is 23.8. The number of carbonyl (C=O) groups excluding carboxylic acids is 1. The third-order valence-electron chi connectivity index (χ3n) is 5.84. The number of aromatic nitrogens is 5. The molecule has 34 heavy (non-hydrogen) atoms. The zero-order valence-corrected chi connectivity index (χ0v) is 18.8. The van der Waals surface area contributed by atoms with Crippen LogP contribution in [-0.2, 0) is 30.6 Å². The molecule has 0 aliphatic carbocycles. The number of pyridine rings is 1. The maximum absolute atomic E-state index is 12.6. The lowest BCUT2D eigenvalue weighted by Crippen LogP contribution is -2.32. The molecule has 0 bridgehead atoms. The second-order valence-electron chi connectivity index (χ2n) is 8.63. The van der Waals surface area contributed by atoms with Gasteiger partial charge >= 0.3 is 6.18 Å². The van der Waals surface area contributed by atoms with Crippen LogP contribution in [0.2, 0.25) is 0 Å². The Morgan fingerprint density at radius 1 is 1.09 bits per heavy atom. The number of alkyl halides is 3. The molecule has 1 fully saturated rings. The summed E-state index contributed by atoms with van der Waals surface area (Å²) in [4.78, 5) is 19.2. The number of carbonyl (C=O) groups is 1. The van der Waals surface area contributed by atoms with E-state index in [2.05, 4.69) is 49.7 Å². The highest BCUT2D eigenvalue weighted by Gasteiger charge is 2.32. The monoisotopic (exact) mass is 473 g/mol. The molecule has 1 N–H and O–H groups in total. The quantitative estimate of drug-likeness (QED) is 0.567. The van der Waals surface area contributed by atoms with Crippen LogP contribution in [0.5, 0.6) is 0 Å². The number of likely N-dealkylation sites (tertiary alicyclic amines) is 1. The van der Waals surface area contributed by atoms with Gasteiger partial charge in [-0.25, -0.2) is 0 Å². The maximum atomic E-state index is 12.6. The van der Waals surface area contributed by atoms with Crippen molar-refractivity contribution < 1.29 is 18.0 Å². The smallest absolute Gasteiger partial charge is 0.350 e. The van der Waals surface area contributed by atoms with Gasteiger partial charge in [0.15, 0.2) is 0 Å². The molecule has 180 valence electrons. The Kier molecular flexibility index (Phi) is 7.20. The largest absolute Gasteiger partial charge is 0.433 e. The molecule has 1 aliphatic rings. The maximum Gasteiger partial charge on any atom is 0.433 e. The van der Waals surface area contributed by atoms with Crippen LogP contribution < -0.4 is 5.32 Å². The Labute approximate surface area is 195 Å². The Hall–Kier alpha value is -3.34. The molecular weight excluding hydrogens is 447 g/mol.